The molecule has 1 heterocycles. The van der Waals surface area contributed by atoms with Gasteiger partial charge in [-0.05, 0) is 41.5 Å². The first-order valence-corrected chi connectivity index (χ1v) is 9.68. The molecule has 0 radical (unpaired) electrons. The molecule has 0 aliphatic heterocycles. The zero-order valence-electron chi connectivity index (χ0n) is 17.5. The van der Waals surface area contributed by atoms with Gasteiger partial charge in [0.15, 0.2) is 0 Å². The van der Waals surface area contributed by atoms with Crippen molar-refractivity contribution in [2.75, 3.05) is 4.90 Å². The summed E-state index contributed by atoms with van der Waals surface area (Å²) in [5.41, 5.74) is -0.433. The predicted octanol–water partition coefficient (Wildman–Crippen LogP) is 5.56. The van der Waals surface area contributed by atoms with E-state index in [0.29, 0.717) is 17.1 Å². The Hall–Kier alpha value is -2.67. The summed E-state index contributed by atoms with van der Waals surface area (Å²) in [4.78, 5) is 35.3. The number of carbonyl (C=O) groups is 2. The van der Waals surface area contributed by atoms with E-state index in [1.54, 1.807) is 41.5 Å². The molecule has 2 aromatic rings. The van der Waals surface area contributed by atoms with Crippen LogP contribution in [-0.2, 0) is 15.4 Å². The van der Waals surface area contributed by atoms with E-state index in [2.05, 4.69) is 9.97 Å². The van der Waals surface area contributed by atoms with Crippen molar-refractivity contribution in [2.45, 2.75) is 58.6 Å². The van der Waals surface area contributed by atoms with Crippen molar-refractivity contribution in [3.8, 4) is 11.3 Å². The molecule has 0 fully saturated rings. The SMILES string of the molecule is CC(C)(C)OC(=O)N(C(=O)OC(C)(C)C)c1cnc(CCl)nc1-c1ccccc1. The molecule has 0 bridgehead atoms. The molecule has 8 heteroatoms. The van der Waals surface area contributed by atoms with E-state index in [1.165, 1.54) is 6.20 Å². The lowest BCUT2D eigenvalue weighted by Gasteiger charge is -2.29. The van der Waals surface area contributed by atoms with Crippen LogP contribution in [-0.4, -0.2) is 33.4 Å². The van der Waals surface area contributed by atoms with Crippen LogP contribution in [0.25, 0.3) is 11.3 Å². The molecule has 0 aliphatic carbocycles. The molecule has 0 unspecified atom stereocenters. The molecular formula is C21H26ClN3O4. The number of carbonyl (C=O) groups excluding carboxylic acids is 2. The number of halogens is 1. The minimum atomic E-state index is -0.883. The lowest BCUT2D eigenvalue weighted by molar-refractivity contribution is 0.0430. The van der Waals surface area contributed by atoms with Gasteiger partial charge in [-0.1, -0.05) is 30.3 Å². The number of amides is 2. The fourth-order valence-corrected chi connectivity index (χ4v) is 2.46. The van der Waals surface area contributed by atoms with E-state index < -0.39 is 23.4 Å². The van der Waals surface area contributed by atoms with Gasteiger partial charge in [0, 0.05) is 5.56 Å². The summed E-state index contributed by atoms with van der Waals surface area (Å²) < 4.78 is 10.9. The molecule has 1 aromatic carbocycles. The van der Waals surface area contributed by atoms with Crippen LogP contribution in [0.3, 0.4) is 0 Å². The van der Waals surface area contributed by atoms with Crippen LogP contribution in [0.5, 0.6) is 0 Å². The molecule has 2 amide bonds. The number of aromatic nitrogens is 2. The predicted molar refractivity (Wildman–Crippen MR) is 112 cm³/mol. The molecule has 1 aromatic heterocycles. The highest BCUT2D eigenvalue weighted by Gasteiger charge is 2.35. The van der Waals surface area contributed by atoms with Gasteiger partial charge in [-0.2, -0.15) is 4.90 Å². The van der Waals surface area contributed by atoms with Crippen molar-refractivity contribution in [1.29, 1.82) is 0 Å². The minimum absolute atomic E-state index is 0.0823. The lowest BCUT2D eigenvalue weighted by atomic mass is 10.1. The minimum Gasteiger partial charge on any atom is -0.443 e. The number of imide groups is 1. The molecule has 0 atom stereocenters. The van der Waals surface area contributed by atoms with Gasteiger partial charge in [0.1, 0.15) is 22.7 Å². The quantitative estimate of drug-likeness (QED) is 0.606. The molecule has 0 saturated carbocycles. The second-order valence-corrected chi connectivity index (χ2v) is 8.58. The molecule has 2 rings (SSSR count). The van der Waals surface area contributed by atoms with Gasteiger partial charge in [0.2, 0.25) is 0 Å². The van der Waals surface area contributed by atoms with Gasteiger partial charge in [0.25, 0.3) is 0 Å². The third kappa shape index (κ3) is 6.42. The zero-order valence-corrected chi connectivity index (χ0v) is 18.3. The highest BCUT2D eigenvalue weighted by Crippen LogP contribution is 2.31. The first-order chi connectivity index (χ1) is 13.4. The molecular weight excluding hydrogens is 394 g/mol. The summed E-state index contributed by atoms with van der Waals surface area (Å²) in [5, 5.41) is 0. The number of nitrogens with zero attached hydrogens (tertiary/aromatic N) is 3. The number of ether oxygens (including phenoxy) is 2. The number of hydrogen-bond acceptors (Lipinski definition) is 6. The van der Waals surface area contributed by atoms with E-state index in [9.17, 15) is 9.59 Å². The first kappa shape index (κ1) is 22.6. The molecule has 29 heavy (non-hydrogen) atoms. The fourth-order valence-electron chi connectivity index (χ4n) is 2.33. The zero-order chi connectivity index (χ0) is 21.8. The Morgan fingerprint density at radius 1 is 0.966 bits per heavy atom. The van der Waals surface area contributed by atoms with E-state index in [4.69, 9.17) is 21.1 Å². The highest BCUT2D eigenvalue weighted by molar-refractivity contribution is 6.16. The Bertz CT molecular complexity index is 846. The molecule has 0 spiro atoms. The van der Waals surface area contributed by atoms with Crippen molar-refractivity contribution in [1.82, 2.24) is 9.97 Å². The van der Waals surface area contributed by atoms with Crippen molar-refractivity contribution >= 4 is 29.5 Å². The molecule has 0 aliphatic rings. The number of benzene rings is 1. The summed E-state index contributed by atoms with van der Waals surface area (Å²) in [6, 6.07) is 9.13. The maximum atomic E-state index is 12.9. The Kier molecular flexibility index (Phi) is 6.85. The lowest BCUT2D eigenvalue weighted by Crippen LogP contribution is -2.44. The summed E-state index contributed by atoms with van der Waals surface area (Å²) >= 11 is 5.90. The summed E-state index contributed by atoms with van der Waals surface area (Å²) in [7, 11) is 0. The maximum absolute atomic E-state index is 12.9. The van der Waals surface area contributed by atoms with E-state index >= 15 is 0 Å². The normalized spacial score (nSPS) is 11.7. The van der Waals surface area contributed by atoms with E-state index in [-0.39, 0.29) is 11.6 Å². The number of alkyl halides is 1. The van der Waals surface area contributed by atoms with Gasteiger partial charge >= 0.3 is 12.2 Å². The summed E-state index contributed by atoms with van der Waals surface area (Å²) in [5.74, 6) is 0.446. The van der Waals surface area contributed by atoms with Crippen LogP contribution >= 0.6 is 11.6 Å². The van der Waals surface area contributed by atoms with Gasteiger partial charge in [0.05, 0.1) is 17.8 Å². The third-order valence-electron chi connectivity index (χ3n) is 3.38. The maximum Gasteiger partial charge on any atom is 0.424 e. The van der Waals surface area contributed by atoms with Crippen LogP contribution in [0.2, 0.25) is 0 Å². The molecule has 7 nitrogen and oxygen atoms in total. The molecule has 0 N–H and O–H groups in total. The third-order valence-corrected chi connectivity index (χ3v) is 3.62. The summed E-state index contributed by atoms with van der Waals surface area (Å²) in [6.07, 6.45) is -0.391. The van der Waals surface area contributed by atoms with Crippen LogP contribution in [0.15, 0.2) is 36.5 Å². The van der Waals surface area contributed by atoms with Crippen LogP contribution < -0.4 is 4.90 Å². The van der Waals surface area contributed by atoms with Crippen molar-refractivity contribution in [3.63, 3.8) is 0 Å². The molecule has 0 saturated heterocycles. The van der Waals surface area contributed by atoms with Gasteiger partial charge < -0.3 is 9.47 Å². The van der Waals surface area contributed by atoms with Crippen LogP contribution in [0.4, 0.5) is 15.3 Å². The topological polar surface area (TPSA) is 81.6 Å². The van der Waals surface area contributed by atoms with E-state index in [1.807, 2.05) is 30.3 Å². The Labute approximate surface area is 176 Å². The largest absolute Gasteiger partial charge is 0.443 e. The highest BCUT2D eigenvalue weighted by atomic mass is 35.5. The summed E-state index contributed by atoms with van der Waals surface area (Å²) in [6.45, 7) is 10.3. The number of anilines is 1. The fraction of sp³-hybridized carbons (Fsp3) is 0.429. The average molecular weight is 420 g/mol. The Balaban J connectivity index is 2.63. The average Bonchev–Trinajstić information content (AvgIpc) is 2.59. The second-order valence-electron chi connectivity index (χ2n) is 8.32. The van der Waals surface area contributed by atoms with Gasteiger partial charge in [-0.25, -0.2) is 19.6 Å². The Morgan fingerprint density at radius 2 is 1.48 bits per heavy atom. The number of rotatable bonds is 3. The molecule has 156 valence electrons. The van der Waals surface area contributed by atoms with Crippen LogP contribution in [0, 0.1) is 0 Å². The van der Waals surface area contributed by atoms with Gasteiger partial charge in [-0.3, -0.25) is 0 Å². The second kappa shape index (κ2) is 8.78. The number of hydrogen-bond donors (Lipinski definition) is 0. The van der Waals surface area contributed by atoms with E-state index in [0.717, 1.165) is 4.90 Å². The van der Waals surface area contributed by atoms with Gasteiger partial charge in [-0.15, -0.1) is 11.6 Å². The standard InChI is InChI=1S/C21H26ClN3O4/c1-20(2,3)28-18(26)25(19(27)29-21(4,5)6)15-13-23-16(12-22)24-17(15)14-10-8-7-9-11-14/h7-11,13H,12H2,1-6H3. The smallest absolute Gasteiger partial charge is 0.424 e. The van der Waals surface area contributed by atoms with Crippen molar-refractivity contribution in [2.24, 2.45) is 0 Å². The van der Waals surface area contributed by atoms with Crippen molar-refractivity contribution in [3.05, 3.63) is 42.4 Å². The first-order valence-electron chi connectivity index (χ1n) is 9.14. The van der Waals surface area contributed by atoms with Crippen LogP contribution in [0.1, 0.15) is 47.4 Å². The monoisotopic (exact) mass is 419 g/mol. The van der Waals surface area contributed by atoms with Crippen molar-refractivity contribution < 1.29 is 19.1 Å². The Morgan fingerprint density at radius 3 is 1.93 bits per heavy atom.